The summed E-state index contributed by atoms with van der Waals surface area (Å²) < 4.78 is 78.2. The lowest BCUT2D eigenvalue weighted by Crippen LogP contribution is -2.33. The first-order chi connectivity index (χ1) is 12.4. The number of alkyl halides is 6. The van der Waals surface area contributed by atoms with Gasteiger partial charge >= 0.3 is 12.4 Å². The lowest BCUT2D eigenvalue weighted by atomic mass is 9.99. The molecule has 2 aromatic carbocycles. The molecule has 142 valence electrons. The summed E-state index contributed by atoms with van der Waals surface area (Å²) in [6.45, 7) is 1.21. The molecule has 0 N–H and O–H groups in total. The third kappa shape index (κ3) is 3.29. The van der Waals surface area contributed by atoms with Crippen LogP contribution in [-0.2, 0) is 12.4 Å². The van der Waals surface area contributed by atoms with E-state index >= 15 is 0 Å². The van der Waals surface area contributed by atoms with Gasteiger partial charge < -0.3 is 0 Å². The van der Waals surface area contributed by atoms with Crippen LogP contribution in [0.5, 0.6) is 0 Å². The molecule has 2 aromatic rings. The van der Waals surface area contributed by atoms with Crippen molar-refractivity contribution in [2.24, 2.45) is 0 Å². The minimum atomic E-state index is -5.02. The predicted octanol–water partition coefficient (Wildman–Crippen LogP) is 5.08. The standard InChI is InChI=1S/C18H11F6NO2/c1-9(25-15(26)13-4-2-3-5-14(13)16(25)27)10-6-11(17(19,20)21)8-12(7-10)18(22,23)24/h2-9H,1H3. The van der Waals surface area contributed by atoms with Gasteiger partial charge in [-0.05, 0) is 42.8 Å². The summed E-state index contributed by atoms with van der Waals surface area (Å²) in [4.78, 5) is 25.6. The zero-order valence-electron chi connectivity index (χ0n) is 13.7. The highest BCUT2D eigenvalue weighted by atomic mass is 19.4. The summed E-state index contributed by atoms with van der Waals surface area (Å²) in [5.41, 5.74) is -3.34. The summed E-state index contributed by atoms with van der Waals surface area (Å²) in [5, 5.41) is 0. The Hall–Kier alpha value is -2.84. The van der Waals surface area contributed by atoms with Crippen LogP contribution in [0, 0.1) is 0 Å². The third-order valence-electron chi connectivity index (χ3n) is 4.31. The minimum absolute atomic E-state index is 0.00139. The molecule has 3 nitrogen and oxygen atoms in total. The number of hydrogen-bond donors (Lipinski definition) is 0. The number of carbonyl (C=O) groups is 2. The van der Waals surface area contributed by atoms with Crippen molar-refractivity contribution in [3.63, 3.8) is 0 Å². The molecule has 0 spiro atoms. The maximum atomic E-state index is 13.0. The van der Waals surface area contributed by atoms with Crippen molar-refractivity contribution in [1.82, 2.24) is 4.90 Å². The van der Waals surface area contributed by atoms with E-state index in [1.807, 2.05) is 0 Å². The summed E-state index contributed by atoms with van der Waals surface area (Å²) in [7, 11) is 0. The zero-order valence-corrected chi connectivity index (χ0v) is 13.7. The Morgan fingerprint density at radius 3 is 1.56 bits per heavy atom. The summed E-state index contributed by atoms with van der Waals surface area (Å²) in [6.07, 6.45) is -10.0. The minimum Gasteiger partial charge on any atom is -0.269 e. The Morgan fingerprint density at radius 1 is 0.778 bits per heavy atom. The first kappa shape index (κ1) is 18.9. The molecule has 0 bridgehead atoms. The van der Waals surface area contributed by atoms with Crippen LogP contribution in [0.25, 0.3) is 0 Å². The summed E-state index contributed by atoms with van der Waals surface area (Å²) in [5.74, 6) is -1.54. The molecule has 1 unspecified atom stereocenters. The quantitative estimate of drug-likeness (QED) is 0.532. The van der Waals surface area contributed by atoms with Crippen molar-refractivity contribution in [2.45, 2.75) is 25.3 Å². The van der Waals surface area contributed by atoms with E-state index in [0.717, 1.165) is 0 Å². The van der Waals surface area contributed by atoms with Crippen LogP contribution in [0.2, 0.25) is 0 Å². The average Bonchev–Trinajstić information content (AvgIpc) is 2.84. The van der Waals surface area contributed by atoms with Crippen LogP contribution < -0.4 is 0 Å². The van der Waals surface area contributed by atoms with Crippen molar-refractivity contribution in [3.05, 3.63) is 70.3 Å². The van der Waals surface area contributed by atoms with Gasteiger partial charge in [0.25, 0.3) is 11.8 Å². The molecule has 9 heteroatoms. The Labute approximate surface area is 149 Å². The number of fused-ring (bicyclic) bond motifs is 1. The van der Waals surface area contributed by atoms with E-state index in [1.165, 1.54) is 31.2 Å². The molecule has 0 radical (unpaired) electrons. The van der Waals surface area contributed by atoms with Gasteiger partial charge in [-0.15, -0.1) is 0 Å². The largest absolute Gasteiger partial charge is 0.416 e. The molecule has 1 aliphatic rings. The average molecular weight is 387 g/mol. The van der Waals surface area contributed by atoms with Crippen molar-refractivity contribution in [1.29, 1.82) is 0 Å². The molecule has 1 atom stereocenters. The second-order valence-electron chi connectivity index (χ2n) is 6.04. The van der Waals surface area contributed by atoms with Gasteiger partial charge in [-0.1, -0.05) is 12.1 Å². The molecule has 0 aromatic heterocycles. The maximum Gasteiger partial charge on any atom is 0.416 e. The zero-order chi connectivity index (χ0) is 20.1. The molecular weight excluding hydrogens is 376 g/mol. The number of nitrogens with zero attached hydrogens (tertiary/aromatic N) is 1. The van der Waals surface area contributed by atoms with Crippen molar-refractivity contribution < 1.29 is 35.9 Å². The van der Waals surface area contributed by atoms with Crippen LogP contribution >= 0.6 is 0 Å². The van der Waals surface area contributed by atoms with Crippen molar-refractivity contribution in [3.8, 4) is 0 Å². The van der Waals surface area contributed by atoms with Gasteiger partial charge in [-0.2, -0.15) is 26.3 Å². The van der Waals surface area contributed by atoms with Gasteiger partial charge in [0, 0.05) is 0 Å². The fraction of sp³-hybridized carbons (Fsp3) is 0.222. The topological polar surface area (TPSA) is 37.4 Å². The summed E-state index contributed by atoms with van der Waals surface area (Å²) in [6, 6.07) is 5.46. The first-order valence-electron chi connectivity index (χ1n) is 7.67. The van der Waals surface area contributed by atoms with Crippen molar-refractivity contribution >= 4 is 11.8 Å². The Morgan fingerprint density at radius 2 is 1.19 bits per heavy atom. The van der Waals surface area contributed by atoms with Crippen LogP contribution in [0.1, 0.15) is 50.4 Å². The van der Waals surface area contributed by atoms with E-state index < -0.39 is 46.9 Å². The molecule has 0 fully saturated rings. The highest BCUT2D eigenvalue weighted by Gasteiger charge is 2.41. The lowest BCUT2D eigenvalue weighted by molar-refractivity contribution is -0.143. The highest BCUT2D eigenvalue weighted by molar-refractivity contribution is 6.21. The second kappa shape index (κ2) is 6.11. The van der Waals surface area contributed by atoms with E-state index in [0.29, 0.717) is 17.0 Å². The molecule has 0 saturated heterocycles. The van der Waals surface area contributed by atoms with Gasteiger partial charge in [0.15, 0.2) is 0 Å². The van der Waals surface area contributed by atoms with E-state index in [4.69, 9.17) is 0 Å². The molecule has 27 heavy (non-hydrogen) atoms. The van der Waals surface area contributed by atoms with Crippen LogP contribution in [-0.4, -0.2) is 16.7 Å². The number of rotatable bonds is 2. The summed E-state index contributed by atoms with van der Waals surface area (Å²) >= 11 is 0. The predicted molar refractivity (Wildman–Crippen MR) is 81.8 cm³/mol. The van der Waals surface area contributed by atoms with E-state index in [1.54, 1.807) is 0 Å². The number of imide groups is 1. The molecule has 1 heterocycles. The van der Waals surface area contributed by atoms with Crippen LogP contribution in [0.15, 0.2) is 42.5 Å². The third-order valence-corrected chi connectivity index (χ3v) is 4.31. The lowest BCUT2D eigenvalue weighted by Gasteiger charge is -2.24. The molecule has 1 aliphatic heterocycles. The smallest absolute Gasteiger partial charge is 0.269 e. The molecule has 0 saturated carbocycles. The number of hydrogen-bond acceptors (Lipinski definition) is 2. The van der Waals surface area contributed by atoms with Gasteiger partial charge in [0.05, 0.1) is 28.3 Å². The Kier molecular flexibility index (Phi) is 4.28. The molecule has 0 aliphatic carbocycles. The molecule has 2 amide bonds. The second-order valence-corrected chi connectivity index (χ2v) is 6.04. The van der Waals surface area contributed by atoms with E-state index in [9.17, 15) is 35.9 Å². The number of halogens is 6. The highest BCUT2D eigenvalue weighted by Crippen LogP contribution is 2.39. The van der Waals surface area contributed by atoms with Gasteiger partial charge in [0.2, 0.25) is 0 Å². The van der Waals surface area contributed by atoms with Gasteiger partial charge in [-0.3, -0.25) is 14.5 Å². The Balaban J connectivity index is 2.09. The number of amides is 2. The van der Waals surface area contributed by atoms with Crippen LogP contribution in [0.4, 0.5) is 26.3 Å². The van der Waals surface area contributed by atoms with Crippen LogP contribution in [0.3, 0.4) is 0 Å². The number of benzene rings is 2. The van der Waals surface area contributed by atoms with E-state index in [-0.39, 0.29) is 17.2 Å². The first-order valence-corrected chi connectivity index (χ1v) is 7.67. The SMILES string of the molecule is CC(c1cc(C(F)(F)F)cc(C(F)(F)F)c1)N1C(=O)c2ccccc2C1=O. The van der Waals surface area contributed by atoms with Gasteiger partial charge in [0.1, 0.15) is 0 Å². The molecule has 3 rings (SSSR count). The fourth-order valence-electron chi connectivity index (χ4n) is 2.93. The fourth-order valence-corrected chi connectivity index (χ4v) is 2.93. The normalized spacial score (nSPS) is 15.9. The van der Waals surface area contributed by atoms with E-state index in [2.05, 4.69) is 0 Å². The number of carbonyl (C=O) groups excluding carboxylic acids is 2. The Bertz CT molecular complexity index is 865. The van der Waals surface area contributed by atoms with Gasteiger partial charge in [-0.25, -0.2) is 0 Å². The molecular formula is C18H11F6NO2. The van der Waals surface area contributed by atoms with Crippen molar-refractivity contribution in [2.75, 3.05) is 0 Å². The monoisotopic (exact) mass is 387 g/mol. The maximum absolute atomic E-state index is 13.0.